The second kappa shape index (κ2) is 3.39. The molecule has 4 nitrogen and oxygen atoms in total. The lowest BCUT2D eigenvalue weighted by Gasteiger charge is -1.95. The number of halogens is 1. The summed E-state index contributed by atoms with van der Waals surface area (Å²) in [5.41, 5.74) is 0.973. The van der Waals surface area contributed by atoms with Gasteiger partial charge in [0.25, 0.3) is 0 Å². The molecule has 0 radical (unpaired) electrons. The number of alkyl halides is 1. The van der Waals surface area contributed by atoms with Gasteiger partial charge in [-0.1, -0.05) is 0 Å². The number of esters is 1. The van der Waals surface area contributed by atoms with E-state index in [1.54, 1.807) is 0 Å². The zero-order valence-corrected chi connectivity index (χ0v) is 6.68. The number of carbonyl (C=O) groups excluding carboxylic acids is 1. The van der Waals surface area contributed by atoms with Crippen LogP contribution in [0.4, 0.5) is 0 Å². The van der Waals surface area contributed by atoms with Crippen molar-refractivity contribution in [2.75, 3.05) is 7.11 Å². The van der Waals surface area contributed by atoms with Gasteiger partial charge in [-0.15, -0.1) is 11.6 Å². The van der Waals surface area contributed by atoms with Gasteiger partial charge >= 0.3 is 5.97 Å². The number of aromatic nitrogens is 2. The van der Waals surface area contributed by atoms with Crippen molar-refractivity contribution in [3.05, 3.63) is 17.5 Å². The Labute approximate surface area is 68.5 Å². The molecule has 0 aliphatic heterocycles. The molecule has 0 aliphatic carbocycles. The van der Waals surface area contributed by atoms with Crippen LogP contribution in [0.5, 0.6) is 0 Å². The van der Waals surface area contributed by atoms with Gasteiger partial charge in [-0.25, -0.2) is 4.79 Å². The molecule has 1 aromatic rings. The SMILES string of the molecule is COC(=O)c1[nH]ncc1CCl. The number of ether oxygens (including phenoxy) is 1. The number of rotatable bonds is 2. The van der Waals surface area contributed by atoms with E-state index in [0.717, 1.165) is 0 Å². The van der Waals surface area contributed by atoms with Crippen LogP contribution >= 0.6 is 11.6 Å². The molecule has 0 atom stereocenters. The largest absolute Gasteiger partial charge is 0.464 e. The summed E-state index contributed by atoms with van der Waals surface area (Å²) in [6.07, 6.45) is 1.50. The van der Waals surface area contributed by atoms with Gasteiger partial charge in [0.1, 0.15) is 5.69 Å². The summed E-state index contributed by atoms with van der Waals surface area (Å²) in [4.78, 5) is 10.9. The Morgan fingerprint density at radius 3 is 3.18 bits per heavy atom. The fraction of sp³-hybridized carbons (Fsp3) is 0.333. The second-order valence-electron chi connectivity index (χ2n) is 1.90. The van der Waals surface area contributed by atoms with E-state index in [9.17, 15) is 4.79 Å². The van der Waals surface area contributed by atoms with E-state index in [1.807, 2.05) is 0 Å². The van der Waals surface area contributed by atoms with Gasteiger partial charge in [-0.3, -0.25) is 5.10 Å². The van der Waals surface area contributed by atoms with Crippen molar-refractivity contribution in [3.8, 4) is 0 Å². The number of aromatic amines is 1. The molecular weight excluding hydrogens is 168 g/mol. The normalized spacial score (nSPS) is 9.64. The molecule has 5 heteroatoms. The fourth-order valence-corrected chi connectivity index (χ4v) is 0.894. The highest BCUT2D eigenvalue weighted by molar-refractivity contribution is 6.17. The van der Waals surface area contributed by atoms with E-state index in [4.69, 9.17) is 11.6 Å². The number of hydrogen-bond acceptors (Lipinski definition) is 3. The number of hydrogen-bond donors (Lipinski definition) is 1. The van der Waals surface area contributed by atoms with Crippen molar-refractivity contribution in [2.24, 2.45) is 0 Å². The highest BCUT2D eigenvalue weighted by atomic mass is 35.5. The smallest absolute Gasteiger partial charge is 0.356 e. The Morgan fingerprint density at radius 1 is 1.91 bits per heavy atom. The first-order valence-corrected chi connectivity index (χ1v) is 3.49. The van der Waals surface area contributed by atoms with E-state index >= 15 is 0 Å². The predicted octanol–water partition coefficient (Wildman–Crippen LogP) is 0.935. The maximum absolute atomic E-state index is 10.9. The van der Waals surface area contributed by atoms with E-state index in [2.05, 4.69) is 14.9 Å². The number of carbonyl (C=O) groups is 1. The quantitative estimate of drug-likeness (QED) is 0.536. The molecule has 0 fully saturated rings. The Morgan fingerprint density at radius 2 is 2.64 bits per heavy atom. The molecule has 0 bridgehead atoms. The number of nitrogens with zero attached hydrogens (tertiary/aromatic N) is 1. The van der Waals surface area contributed by atoms with Gasteiger partial charge in [0, 0.05) is 5.56 Å². The first kappa shape index (κ1) is 8.07. The third-order valence-electron chi connectivity index (χ3n) is 1.25. The molecule has 60 valence electrons. The van der Waals surface area contributed by atoms with Crippen LogP contribution in [0.2, 0.25) is 0 Å². The number of H-pyrrole nitrogens is 1. The lowest BCUT2D eigenvalue weighted by Crippen LogP contribution is -2.04. The summed E-state index contributed by atoms with van der Waals surface area (Å²) in [7, 11) is 1.31. The van der Waals surface area contributed by atoms with Gasteiger partial charge in [-0.2, -0.15) is 5.10 Å². The number of nitrogens with one attached hydrogen (secondary N) is 1. The molecule has 11 heavy (non-hydrogen) atoms. The van der Waals surface area contributed by atoms with E-state index in [1.165, 1.54) is 13.3 Å². The Hall–Kier alpha value is -1.03. The van der Waals surface area contributed by atoms with Crippen LogP contribution < -0.4 is 0 Å². The summed E-state index contributed by atoms with van der Waals surface area (Å²) in [6, 6.07) is 0. The molecule has 1 aromatic heterocycles. The minimum Gasteiger partial charge on any atom is -0.464 e. The average molecular weight is 175 g/mol. The van der Waals surface area contributed by atoms with E-state index in [0.29, 0.717) is 11.3 Å². The molecule has 0 aromatic carbocycles. The van der Waals surface area contributed by atoms with Gasteiger partial charge in [0.05, 0.1) is 19.2 Å². The first-order chi connectivity index (χ1) is 5.29. The Kier molecular flexibility index (Phi) is 2.48. The summed E-state index contributed by atoms with van der Waals surface area (Å²) in [5, 5.41) is 6.15. The minimum atomic E-state index is -0.446. The maximum atomic E-state index is 10.9. The molecule has 1 N–H and O–H groups in total. The van der Waals surface area contributed by atoms with E-state index in [-0.39, 0.29) is 5.88 Å². The van der Waals surface area contributed by atoms with Gasteiger partial charge < -0.3 is 4.74 Å². The third kappa shape index (κ3) is 1.51. The molecule has 0 aliphatic rings. The molecule has 0 saturated heterocycles. The molecular formula is C6H7ClN2O2. The summed E-state index contributed by atoms with van der Waals surface area (Å²) < 4.78 is 4.47. The van der Waals surface area contributed by atoms with Gasteiger partial charge in [-0.05, 0) is 0 Å². The highest BCUT2D eigenvalue weighted by Crippen LogP contribution is 2.08. The van der Waals surface area contributed by atoms with Crippen LogP contribution in [0.25, 0.3) is 0 Å². The minimum absolute atomic E-state index is 0.251. The van der Waals surface area contributed by atoms with Crippen molar-refractivity contribution in [1.29, 1.82) is 0 Å². The van der Waals surface area contributed by atoms with Crippen LogP contribution in [0.1, 0.15) is 16.1 Å². The zero-order valence-electron chi connectivity index (χ0n) is 5.93. The van der Waals surface area contributed by atoms with E-state index < -0.39 is 5.97 Å². The van der Waals surface area contributed by atoms with Crippen molar-refractivity contribution in [3.63, 3.8) is 0 Å². The topological polar surface area (TPSA) is 55.0 Å². The van der Waals surface area contributed by atoms with Crippen molar-refractivity contribution < 1.29 is 9.53 Å². The van der Waals surface area contributed by atoms with Crippen LogP contribution in [0, 0.1) is 0 Å². The van der Waals surface area contributed by atoms with Crippen LogP contribution in [-0.2, 0) is 10.6 Å². The summed E-state index contributed by atoms with van der Waals surface area (Å²) in [6.45, 7) is 0. The van der Waals surface area contributed by atoms with Crippen LogP contribution in [0.3, 0.4) is 0 Å². The summed E-state index contributed by atoms with van der Waals surface area (Å²) >= 11 is 5.51. The lowest BCUT2D eigenvalue weighted by atomic mass is 10.3. The third-order valence-corrected chi connectivity index (χ3v) is 1.54. The zero-order chi connectivity index (χ0) is 8.27. The molecule has 1 rings (SSSR count). The summed E-state index contributed by atoms with van der Waals surface area (Å²) in [5.74, 6) is -0.195. The lowest BCUT2D eigenvalue weighted by molar-refractivity contribution is 0.0593. The fourth-order valence-electron chi connectivity index (χ4n) is 0.691. The maximum Gasteiger partial charge on any atom is 0.356 e. The van der Waals surface area contributed by atoms with Crippen LogP contribution in [0.15, 0.2) is 6.20 Å². The highest BCUT2D eigenvalue weighted by Gasteiger charge is 2.12. The Balaban J connectivity index is 2.92. The molecule has 0 saturated carbocycles. The monoisotopic (exact) mass is 174 g/mol. The number of methoxy groups -OCH3 is 1. The van der Waals surface area contributed by atoms with Crippen molar-refractivity contribution in [1.82, 2.24) is 10.2 Å². The molecule has 0 unspecified atom stereocenters. The molecule has 0 amide bonds. The van der Waals surface area contributed by atoms with Crippen molar-refractivity contribution >= 4 is 17.6 Å². The van der Waals surface area contributed by atoms with Gasteiger partial charge in [0.2, 0.25) is 0 Å². The molecule has 1 heterocycles. The average Bonchev–Trinajstić information content (AvgIpc) is 2.50. The predicted molar refractivity (Wildman–Crippen MR) is 39.5 cm³/mol. The second-order valence-corrected chi connectivity index (χ2v) is 2.16. The van der Waals surface area contributed by atoms with Crippen LogP contribution in [-0.4, -0.2) is 23.3 Å². The Bertz CT molecular complexity index is 259. The van der Waals surface area contributed by atoms with Gasteiger partial charge in [0.15, 0.2) is 0 Å². The van der Waals surface area contributed by atoms with Crippen molar-refractivity contribution in [2.45, 2.75) is 5.88 Å². The standard InChI is InChI=1S/C6H7ClN2O2/c1-11-6(10)5-4(2-7)3-8-9-5/h3H,2H2,1H3,(H,8,9). The molecule has 0 spiro atoms. The first-order valence-electron chi connectivity index (χ1n) is 2.96.